The number of benzene rings is 1. The van der Waals surface area contributed by atoms with Gasteiger partial charge in [-0.3, -0.25) is 4.98 Å². The van der Waals surface area contributed by atoms with Gasteiger partial charge in [-0.15, -0.1) is 0 Å². The second kappa shape index (κ2) is 5.55. The number of nitrogens with two attached hydrogens (primary N) is 1. The number of methoxy groups -OCH3 is 1. The average molecular weight is 260 g/mol. The van der Waals surface area contributed by atoms with Crippen molar-refractivity contribution in [3.8, 4) is 0 Å². The lowest BCUT2D eigenvalue weighted by molar-refractivity contribution is 0.0601. The van der Waals surface area contributed by atoms with Gasteiger partial charge in [-0.1, -0.05) is 11.8 Å². The maximum absolute atomic E-state index is 11.5. The number of carbonyl (C=O) groups is 1. The van der Waals surface area contributed by atoms with Crippen molar-refractivity contribution in [1.82, 2.24) is 4.98 Å². The fraction of sp³-hybridized carbons (Fsp3) is 0.0769. The predicted octanol–water partition coefficient (Wildman–Crippen LogP) is 2.60. The van der Waals surface area contributed by atoms with Gasteiger partial charge >= 0.3 is 5.97 Å². The molecular formula is C13H12N2O2S. The monoisotopic (exact) mass is 260 g/mol. The SMILES string of the molecule is COC(=O)c1cc(Sc2ccncc2)ccc1N. The molecule has 5 heteroatoms. The second-order valence-corrected chi connectivity index (χ2v) is 4.67. The van der Waals surface area contributed by atoms with Crippen LogP contribution in [0.25, 0.3) is 0 Å². The number of pyridine rings is 1. The third-order valence-electron chi connectivity index (χ3n) is 2.32. The normalized spacial score (nSPS) is 10.1. The third kappa shape index (κ3) is 2.81. The Hall–Kier alpha value is -2.01. The number of esters is 1. The zero-order valence-electron chi connectivity index (χ0n) is 9.79. The molecule has 0 aliphatic rings. The fourth-order valence-corrected chi connectivity index (χ4v) is 2.27. The van der Waals surface area contributed by atoms with Crippen LogP contribution in [0.1, 0.15) is 10.4 Å². The molecule has 0 unspecified atom stereocenters. The van der Waals surface area contributed by atoms with Crippen molar-refractivity contribution in [2.24, 2.45) is 0 Å². The Balaban J connectivity index is 2.27. The number of ether oxygens (including phenoxy) is 1. The topological polar surface area (TPSA) is 65.2 Å². The number of hydrogen-bond donors (Lipinski definition) is 1. The molecule has 0 spiro atoms. The van der Waals surface area contributed by atoms with Gasteiger partial charge in [0.2, 0.25) is 0 Å². The summed E-state index contributed by atoms with van der Waals surface area (Å²) in [6.07, 6.45) is 3.45. The van der Waals surface area contributed by atoms with Crippen molar-refractivity contribution in [3.05, 3.63) is 48.3 Å². The highest BCUT2D eigenvalue weighted by Crippen LogP contribution is 2.29. The van der Waals surface area contributed by atoms with Crippen LogP contribution >= 0.6 is 11.8 Å². The molecule has 4 nitrogen and oxygen atoms in total. The lowest BCUT2D eigenvalue weighted by atomic mass is 10.2. The zero-order valence-corrected chi connectivity index (χ0v) is 10.6. The standard InChI is InChI=1S/C13H12N2O2S/c1-17-13(16)11-8-10(2-3-12(11)14)18-9-4-6-15-7-5-9/h2-8H,14H2,1H3. The molecule has 92 valence electrons. The van der Waals surface area contributed by atoms with Crippen LogP contribution < -0.4 is 5.73 Å². The molecule has 1 aromatic carbocycles. The van der Waals surface area contributed by atoms with Crippen LogP contribution in [0.3, 0.4) is 0 Å². The molecule has 1 heterocycles. The summed E-state index contributed by atoms with van der Waals surface area (Å²) in [7, 11) is 1.34. The lowest BCUT2D eigenvalue weighted by Gasteiger charge is -2.06. The zero-order chi connectivity index (χ0) is 13.0. The molecule has 2 aromatic rings. The Bertz CT molecular complexity index is 558. The highest BCUT2D eigenvalue weighted by atomic mass is 32.2. The molecule has 1 aromatic heterocycles. The Kier molecular flexibility index (Phi) is 3.84. The summed E-state index contributed by atoms with van der Waals surface area (Å²) in [6, 6.07) is 9.10. The first-order chi connectivity index (χ1) is 8.70. The van der Waals surface area contributed by atoms with Crippen molar-refractivity contribution in [1.29, 1.82) is 0 Å². The summed E-state index contributed by atoms with van der Waals surface area (Å²) in [4.78, 5) is 17.4. The van der Waals surface area contributed by atoms with Gasteiger partial charge in [-0.25, -0.2) is 4.79 Å². The molecule has 2 rings (SSSR count). The van der Waals surface area contributed by atoms with E-state index < -0.39 is 5.97 Å². The van der Waals surface area contributed by atoms with E-state index in [0.29, 0.717) is 11.3 Å². The van der Waals surface area contributed by atoms with Crippen molar-refractivity contribution in [2.45, 2.75) is 9.79 Å². The summed E-state index contributed by atoms with van der Waals surface area (Å²) >= 11 is 1.54. The number of carbonyl (C=O) groups excluding carboxylic acids is 1. The molecule has 0 amide bonds. The van der Waals surface area contributed by atoms with Crippen LogP contribution in [0.15, 0.2) is 52.5 Å². The summed E-state index contributed by atoms with van der Waals surface area (Å²) in [5, 5.41) is 0. The quantitative estimate of drug-likeness (QED) is 0.678. The van der Waals surface area contributed by atoms with E-state index in [-0.39, 0.29) is 0 Å². The minimum atomic E-state index is -0.426. The van der Waals surface area contributed by atoms with Gasteiger partial charge in [-0.2, -0.15) is 0 Å². The van der Waals surface area contributed by atoms with Crippen molar-refractivity contribution < 1.29 is 9.53 Å². The van der Waals surface area contributed by atoms with Crippen LogP contribution in [-0.4, -0.2) is 18.1 Å². The Labute approximate surface area is 109 Å². The average Bonchev–Trinajstić information content (AvgIpc) is 2.41. The molecule has 0 aliphatic carbocycles. The minimum Gasteiger partial charge on any atom is -0.465 e. The van der Waals surface area contributed by atoms with Crippen LogP contribution in [0.4, 0.5) is 5.69 Å². The fourth-order valence-electron chi connectivity index (χ4n) is 1.43. The van der Waals surface area contributed by atoms with E-state index in [2.05, 4.69) is 9.72 Å². The van der Waals surface area contributed by atoms with E-state index >= 15 is 0 Å². The van der Waals surface area contributed by atoms with Gasteiger partial charge < -0.3 is 10.5 Å². The maximum Gasteiger partial charge on any atom is 0.339 e. The molecule has 18 heavy (non-hydrogen) atoms. The van der Waals surface area contributed by atoms with Crippen LogP contribution in [-0.2, 0) is 4.74 Å². The van der Waals surface area contributed by atoms with E-state index in [9.17, 15) is 4.79 Å². The largest absolute Gasteiger partial charge is 0.465 e. The van der Waals surface area contributed by atoms with Crippen LogP contribution in [0.5, 0.6) is 0 Å². The number of aromatic nitrogens is 1. The predicted molar refractivity (Wildman–Crippen MR) is 70.6 cm³/mol. The second-order valence-electron chi connectivity index (χ2n) is 3.53. The molecule has 0 bridgehead atoms. The van der Waals surface area contributed by atoms with Crippen LogP contribution in [0.2, 0.25) is 0 Å². The smallest absolute Gasteiger partial charge is 0.339 e. The number of nitrogen functional groups attached to an aromatic ring is 1. The summed E-state index contributed by atoms with van der Waals surface area (Å²) in [5.74, 6) is -0.426. The van der Waals surface area contributed by atoms with E-state index in [1.165, 1.54) is 18.9 Å². The van der Waals surface area contributed by atoms with E-state index in [1.807, 2.05) is 18.2 Å². The Morgan fingerprint density at radius 2 is 1.94 bits per heavy atom. The van der Waals surface area contributed by atoms with Crippen molar-refractivity contribution >= 4 is 23.4 Å². The number of hydrogen-bond acceptors (Lipinski definition) is 5. The molecule has 0 saturated carbocycles. The lowest BCUT2D eigenvalue weighted by Crippen LogP contribution is -2.05. The van der Waals surface area contributed by atoms with E-state index in [0.717, 1.165) is 9.79 Å². The van der Waals surface area contributed by atoms with Crippen LogP contribution in [0, 0.1) is 0 Å². The molecule has 0 aliphatic heterocycles. The summed E-state index contributed by atoms with van der Waals surface area (Å²) < 4.78 is 4.68. The summed E-state index contributed by atoms with van der Waals surface area (Å²) in [5.41, 5.74) is 6.54. The van der Waals surface area contributed by atoms with Gasteiger partial charge in [0.15, 0.2) is 0 Å². The highest BCUT2D eigenvalue weighted by Gasteiger charge is 2.11. The maximum atomic E-state index is 11.5. The minimum absolute atomic E-state index is 0.386. The van der Waals surface area contributed by atoms with Crippen molar-refractivity contribution in [2.75, 3.05) is 12.8 Å². The first kappa shape index (κ1) is 12.4. The molecule has 2 N–H and O–H groups in total. The van der Waals surface area contributed by atoms with E-state index in [1.54, 1.807) is 24.5 Å². The first-order valence-electron chi connectivity index (χ1n) is 5.26. The van der Waals surface area contributed by atoms with Gasteiger partial charge in [0, 0.05) is 27.9 Å². The first-order valence-corrected chi connectivity index (χ1v) is 6.08. The number of anilines is 1. The van der Waals surface area contributed by atoms with Gasteiger partial charge in [-0.05, 0) is 30.3 Å². The van der Waals surface area contributed by atoms with Gasteiger partial charge in [0.25, 0.3) is 0 Å². The highest BCUT2D eigenvalue weighted by molar-refractivity contribution is 7.99. The molecule has 0 atom stereocenters. The number of nitrogens with zero attached hydrogens (tertiary/aromatic N) is 1. The van der Waals surface area contributed by atoms with E-state index in [4.69, 9.17) is 5.73 Å². The third-order valence-corrected chi connectivity index (χ3v) is 3.31. The Morgan fingerprint density at radius 1 is 1.22 bits per heavy atom. The summed E-state index contributed by atoms with van der Waals surface area (Å²) in [6.45, 7) is 0. The van der Waals surface area contributed by atoms with Gasteiger partial charge in [0.05, 0.1) is 12.7 Å². The molecule has 0 fully saturated rings. The molecular weight excluding hydrogens is 248 g/mol. The number of rotatable bonds is 3. The Morgan fingerprint density at radius 3 is 2.61 bits per heavy atom. The molecule has 0 saturated heterocycles. The van der Waals surface area contributed by atoms with Crippen molar-refractivity contribution in [3.63, 3.8) is 0 Å². The van der Waals surface area contributed by atoms with Gasteiger partial charge in [0.1, 0.15) is 0 Å². The molecule has 0 radical (unpaired) electrons.